The molecule has 0 aliphatic carbocycles. The minimum Gasteiger partial charge on any atom is -0.497 e. The average molecular weight is 209 g/mol. The van der Waals surface area contributed by atoms with Crippen molar-refractivity contribution in [3.05, 3.63) is 29.8 Å². The summed E-state index contributed by atoms with van der Waals surface area (Å²) < 4.78 is 5.14. The molecule has 0 saturated carbocycles. The molecule has 84 valence electrons. The van der Waals surface area contributed by atoms with E-state index in [9.17, 15) is 0 Å². The summed E-state index contributed by atoms with van der Waals surface area (Å²) in [6.45, 7) is 3.00. The van der Waals surface area contributed by atoms with Gasteiger partial charge in [0, 0.05) is 12.6 Å². The van der Waals surface area contributed by atoms with Crippen LogP contribution in [0.2, 0.25) is 0 Å². The lowest BCUT2D eigenvalue weighted by atomic mass is 10.2. The number of methoxy groups -OCH3 is 1. The smallest absolute Gasteiger partial charge is 0.119 e. The van der Waals surface area contributed by atoms with Crippen molar-refractivity contribution >= 4 is 0 Å². The largest absolute Gasteiger partial charge is 0.497 e. The van der Waals surface area contributed by atoms with Crippen LogP contribution in [0.5, 0.6) is 5.75 Å². The number of hydrogen-bond acceptors (Lipinski definition) is 3. The first-order chi connectivity index (χ1) is 7.30. The Morgan fingerprint density at radius 3 is 2.87 bits per heavy atom. The first kappa shape index (κ1) is 12.0. The van der Waals surface area contributed by atoms with Crippen molar-refractivity contribution in [1.82, 2.24) is 5.32 Å². The topological polar surface area (TPSA) is 41.5 Å². The lowest BCUT2D eigenvalue weighted by Crippen LogP contribution is -2.31. The molecule has 0 spiro atoms. The van der Waals surface area contributed by atoms with Gasteiger partial charge in [0.15, 0.2) is 0 Å². The van der Waals surface area contributed by atoms with Gasteiger partial charge in [0.2, 0.25) is 0 Å². The van der Waals surface area contributed by atoms with Crippen LogP contribution >= 0.6 is 0 Å². The SMILES string of the molecule is CC[C@@H](CO)NCc1cccc(OC)c1. The van der Waals surface area contributed by atoms with E-state index in [1.807, 2.05) is 24.3 Å². The van der Waals surface area contributed by atoms with Gasteiger partial charge in [-0.3, -0.25) is 0 Å². The van der Waals surface area contributed by atoms with Gasteiger partial charge in [0.05, 0.1) is 13.7 Å². The Labute approximate surface area is 91.1 Å². The summed E-state index contributed by atoms with van der Waals surface area (Å²) in [4.78, 5) is 0. The average Bonchev–Trinajstić information content (AvgIpc) is 2.31. The van der Waals surface area contributed by atoms with Crippen LogP contribution in [-0.4, -0.2) is 24.9 Å². The standard InChI is InChI=1S/C12H19NO2/c1-3-11(9-14)13-8-10-5-4-6-12(7-10)15-2/h4-7,11,13-14H,3,8-9H2,1-2H3/t11-/m0/s1. The molecule has 1 rings (SSSR count). The third-order valence-electron chi connectivity index (χ3n) is 2.44. The highest BCUT2D eigenvalue weighted by molar-refractivity contribution is 5.28. The third kappa shape index (κ3) is 3.90. The van der Waals surface area contributed by atoms with Crippen molar-refractivity contribution in [2.45, 2.75) is 25.9 Å². The second-order valence-corrected chi connectivity index (χ2v) is 3.52. The van der Waals surface area contributed by atoms with Gasteiger partial charge in [-0.2, -0.15) is 0 Å². The minimum atomic E-state index is 0.177. The maximum atomic E-state index is 9.02. The Kier molecular flexibility index (Phi) is 5.15. The molecule has 2 N–H and O–H groups in total. The van der Waals surface area contributed by atoms with Crippen molar-refractivity contribution in [3.8, 4) is 5.75 Å². The van der Waals surface area contributed by atoms with Crippen LogP contribution in [0.15, 0.2) is 24.3 Å². The van der Waals surface area contributed by atoms with E-state index in [0.717, 1.165) is 18.7 Å². The van der Waals surface area contributed by atoms with Crippen LogP contribution in [-0.2, 0) is 6.54 Å². The Morgan fingerprint density at radius 1 is 1.47 bits per heavy atom. The predicted molar refractivity (Wildman–Crippen MR) is 61.0 cm³/mol. The van der Waals surface area contributed by atoms with E-state index in [2.05, 4.69) is 12.2 Å². The van der Waals surface area contributed by atoms with Crippen LogP contribution in [0.3, 0.4) is 0 Å². The number of ether oxygens (including phenoxy) is 1. The quantitative estimate of drug-likeness (QED) is 0.747. The summed E-state index contributed by atoms with van der Waals surface area (Å²) >= 11 is 0. The summed E-state index contributed by atoms with van der Waals surface area (Å²) in [7, 11) is 1.66. The minimum absolute atomic E-state index is 0.177. The van der Waals surface area contributed by atoms with E-state index >= 15 is 0 Å². The van der Waals surface area contributed by atoms with Crippen LogP contribution in [0.4, 0.5) is 0 Å². The third-order valence-corrected chi connectivity index (χ3v) is 2.44. The summed E-state index contributed by atoms with van der Waals surface area (Å²) in [5.74, 6) is 0.867. The van der Waals surface area contributed by atoms with Crippen LogP contribution < -0.4 is 10.1 Å². The molecule has 1 aromatic rings. The van der Waals surface area contributed by atoms with Crippen LogP contribution in [0.25, 0.3) is 0 Å². The Balaban J connectivity index is 2.49. The molecule has 1 atom stereocenters. The first-order valence-electron chi connectivity index (χ1n) is 5.27. The van der Waals surface area contributed by atoms with Gasteiger partial charge in [-0.05, 0) is 24.1 Å². The summed E-state index contributed by atoms with van der Waals surface area (Å²) in [5.41, 5.74) is 1.17. The monoisotopic (exact) mass is 209 g/mol. The summed E-state index contributed by atoms with van der Waals surface area (Å²) in [5, 5.41) is 12.3. The molecule has 3 nitrogen and oxygen atoms in total. The second-order valence-electron chi connectivity index (χ2n) is 3.52. The fraction of sp³-hybridized carbons (Fsp3) is 0.500. The molecule has 0 saturated heterocycles. The van der Waals surface area contributed by atoms with Crippen LogP contribution in [0, 0.1) is 0 Å². The zero-order valence-electron chi connectivity index (χ0n) is 9.36. The van der Waals surface area contributed by atoms with Crippen molar-refractivity contribution < 1.29 is 9.84 Å². The summed E-state index contributed by atoms with van der Waals surface area (Å²) in [6, 6.07) is 8.11. The van der Waals surface area contributed by atoms with E-state index in [1.54, 1.807) is 7.11 Å². The van der Waals surface area contributed by atoms with Crippen molar-refractivity contribution in [2.24, 2.45) is 0 Å². The van der Waals surface area contributed by atoms with E-state index in [0.29, 0.717) is 0 Å². The number of nitrogens with one attached hydrogen (secondary N) is 1. The Hall–Kier alpha value is -1.06. The van der Waals surface area contributed by atoms with Crippen molar-refractivity contribution in [2.75, 3.05) is 13.7 Å². The number of aliphatic hydroxyl groups is 1. The molecule has 1 aromatic carbocycles. The number of rotatable bonds is 6. The molecule has 0 amide bonds. The molecule has 15 heavy (non-hydrogen) atoms. The Morgan fingerprint density at radius 2 is 2.27 bits per heavy atom. The lowest BCUT2D eigenvalue weighted by molar-refractivity contribution is 0.238. The van der Waals surface area contributed by atoms with Gasteiger partial charge in [-0.1, -0.05) is 19.1 Å². The van der Waals surface area contributed by atoms with Gasteiger partial charge in [0.1, 0.15) is 5.75 Å². The maximum Gasteiger partial charge on any atom is 0.119 e. The molecular formula is C12H19NO2. The Bertz CT molecular complexity index is 285. The highest BCUT2D eigenvalue weighted by atomic mass is 16.5. The molecule has 0 fully saturated rings. The van der Waals surface area contributed by atoms with Crippen LogP contribution in [0.1, 0.15) is 18.9 Å². The normalized spacial score (nSPS) is 12.5. The fourth-order valence-electron chi connectivity index (χ4n) is 1.38. The van der Waals surface area contributed by atoms with E-state index < -0.39 is 0 Å². The molecule has 0 aromatic heterocycles. The molecule has 0 radical (unpaired) electrons. The highest BCUT2D eigenvalue weighted by Crippen LogP contribution is 2.12. The molecule has 0 unspecified atom stereocenters. The first-order valence-corrected chi connectivity index (χ1v) is 5.27. The molecule has 3 heteroatoms. The predicted octanol–water partition coefficient (Wildman–Crippen LogP) is 1.56. The fourth-order valence-corrected chi connectivity index (χ4v) is 1.38. The van der Waals surface area contributed by atoms with Crippen molar-refractivity contribution in [3.63, 3.8) is 0 Å². The van der Waals surface area contributed by atoms with Gasteiger partial charge in [-0.25, -0.2) is 0 Å². The van der Waals surface area contributed by atoms with Gasteiger partial charge >= 0.3 is 0 Å². The molecule has 0 aliphatic heterocycles. The second kappa shape index (κ2) is 6.43. The number of benzene rings is 1. The zero-order chi connectivity index (χ0) is 11.1. The van der Waals surface area contributed by atoms with E-state index in [4.69, 9.17) is 9.84 Å². The zero-order valence-corrected chi connectivity index (χ0v) is 9.36. The number of aliphatic hydroxyl groups excluding tert-OH is 1. The molecule has 0 aliphatic rings. The van der Waals surface area contributed by atoms with E-state index in [1.165, 1.54) is 5.56 Å². The van der Waals surface area contributed by atoms with Crippen molar-refractivity contribution in [1.29, 1.82) is 0 Å². The summed E-state index contributed by atoms with van der Waals surface area (Å²) in [6.07, 6.45) is 0.931. The van der Waals surface area contributed by atoms with Gasteiger partial charge < -0.3 is 15.2 Å². The highest BCUT2D eigenvalue weighted by Gasteiger charge is 2.03. The maximum absolute atomic E-state index is 9.02. The van der Waals surface area contributed by atoms with Gasteiger partial charge in [0.25, 0.3) is 0 Å². The molecular weight excluding hydrogens is 190 g/mol. The lowest BCUT2D eigenvalue weighted by Gasteiger charge is -2.14. The number of hydrogen-bond donors (Lipinski definition) is 2. The van der Waals surface area contributed by atoms with E-state index in [-0.39, 0.29) is 12.6 Å². The molecule has 0 heterocycles. The molecule has 0 bridgehead atoms. The van der Waals surface area contributed by atoms with Gasteiger partial charge in [-0.15, -0.1) is 0 Å².